The van der Waals surface area contributed by atoms with Gasteiger partial charge in [0.15, 0.2) is 5.13 Å². The zero-order chi connectivity index (χ0) is 21.8. The van der Waals surface area contributed by atoms with E-state index in [-0.39, 0.29) is 5.91 Å². The van der Waals surface area contributed by atoms with Crippen molar-refractivity contribution in [1.29, 1.82) is 0 Å². The maximum absolute atomic E-state index is 12.8. The van der Waals surface area contributed by atoms with Crippen molar-refractivity contribution in [1.82, 2.24) is 24.3 Å². The highest BCUT2D eigenvalue weighted by Gasteiger charge is 2.13. The van der Waals surface area contributed by atoms with E-state index in [1.54, 1.807) is 18.5 Å². The fraction of sp³-hybridized carbons (Fsp3) is 0.217. The number of aryl methyl sites for hydroxylation is 1. The third-order valence-corrected chi connectivity index (χ3v) is 5.58. The Hall–Kier alpha value is -3.52. The number of hydrogen-bond donors (Lipinski definition) is 1. The highest BCUT2D eigenvalue weighted by Crippen LogP contribution is 2.20. The molecule has 0 aromatic carbocycles. The Kier molecular flexibility index (Phi) is 6.08. The molecule has 31 heavy (non-hydrogen) atoms. The zero-order valence-electron chi connectivity index (χ0n) is 17.7. The van der Waals surface area contributed by atoms with Crippen LogP contribution < -0.4 is 5.32 Å². The number of aromatic nitrogens is 5. The van der Waals surface area contributed by atoms with Crippen LogP contribution in [0.3, 0.4) is 0 Å². The minimum Gasteiger partial charge on any atom is -0.339 e. The molecule has 0 fully saturated rings. The molecule has 0 atom stereocenters. The summed E-state index contributed by atoms with van der Waals surface area (Å²) in [6.07, 6.45) is 11.3. The van der Waals surface area contributed by atoms with Crippen LogP contribution in [0.2, 0.25) is 0 Å². The fourth-order valence-corrected chi connectivity index (χ4v) is 3.79. The minimum atomic E-state index is -0.185. The predicted molar refractivity (Wildman–Crippen MR) is 124 cm³/mol. The third kappa shape index (κ3) is 4.97. The van der Waals surface area contributed by atoms with Crippen LogP contribution in [0.4, 0.5) is 5.13 Å². The normalized spacial score (nSPS) is 11.5. The molecule has 0 aliphatic rings. The molecule has 4 aromatic rings. The molecule has 0 aliphatic heterocycles. The van der Waals surface area contributed by atoms with Gasteiger partial charge in [0.1, 0.15) is 5.69 Å². The first kappa shape index (κ1) is 20.7. The number of pyridine rings is 1. The van der Waals surface area contributed by atoms with Crippen LogP contribution in [0.5, 0.6) is 0 Å². The van der Waals surface area contributed by atoms with E-state index in [0.717, 1.165) is 22.5 Å². The number of nitrogens with one attached hydrogen (secondary N) is 1. The van der Waals surface area contributed by atoms with Gasteiger partial charge in [0.2, 0.25) is 0 Å². The van der Waals surface area contributed by atoms with Crippen LogP contribution in [0.15, 0.2) is 54.4 Å². The second-order valence-corrected chi connectivity index (χ2v) is 8.37. The van der Waals surface area contributed by atoms with Gasteiger partial charge in [-0.05, 0) is 68.3 Å². The van der Waals surface area contributed by atoms with E-state index in [1.165, 1.54) is 11.3 Å². The quantitative estimate of drug-likeness (QED) is 0.451. The van der Waals surface area contributed by atoms with Gasteiger partial charge in [0, 0.05) is 42.8 Å². The molecule has 4 aromatic heterocycles. The van der Waals surface area contributed by atoms with Gasteiger partial charge in [-0.3, -0.25) is 19.8 Å². The Bertz CT molecular complexity index is 1200. The number of amides is 1. The Morgan fingerprint density at radius 3 is 2.77 bits per heavy atom. The molecule has 1 N–H and O–H groups in total. The van der Waals surface area contributed by atoms with Gasteiger partial charge in [-0.25, -0.2) is 4.98 Å². The largest absolute Gasteiger partial charge is 0.339 e. The molecule has 1 amide bonds. The van der Waals surface area contributed by atoms with Gasteiger partial charge in [-0.15, -0.1) is 11.3 Å². The Morgan fingerprint density at radius 1 is 1.23 bits per heavy atom. The number of thiazole rings is 1. The van der Waals surface area contributed by atoms with Gasteiger partial charge >= 0.3 is 0 Å². The summed E-state index contributed by atoms with van der Waals surface area (Å²) in [6, 6.07) is 7.86. The molecule has 4 heterocycles. The van der Waals surface area contributed by atoms with Crippen LogP contribution in [-0.2, 0) is 6.54 Å². The lowest BCUT2D eigenvalue weighted by molar-refractivity contribution is 0.101. The van der Waals surface area contributed by atoms with Crippen molar-refractivity contribution in [2.24, 2.45) is 0 Å². The van der Waals surface area contributed by atoms with Gasteiger partial charge in [0.05, 0.1) is 11.4 Å². The Morgan fingerprint density at radius 2 is 2.03 bits per heavy atom. The molecule has 4 rings (SSSR count). The molecule has 0 saturated carbocycles. The molecule has 0 spiro atoms. The summed E-state index contributed by atoms with van der Waals surface area (Å²) in [4.78, 5) is 21.3. The molecule has 158 valence electrons. The first-order valence-electron chi connectivity index (χ1n) is 10.0. The maximum Gasteiger partial charge on any atom is 0.274 e. The molecule has 0 aliphatic carbocycles. The standard InChI is InChI=1S/C23H24N6OS/c1-16(2)29-13-17(3)20(27-29)7-6-19-15-31-23(25-19)26-22(30)21-5-4-12-28(21)14-18-8-10-24-11-9-18/h4-13,15-16H,14H2,1-3H3,(H,25,26,30). The van der Waals surface area contributed by atoms with E-state index in [1.807, 2.05) is 64.3 Å². The topological polar surface area (TPSA) is 77.6 Å². The highest BCUT2D eigenvalue weighted by molar-refractivity contribution is 7.14. The van der Waals surface area contributed by atoms with Crippen LogP contribution in [0, 0.1) is 6.92 Å². The average Bonchev–Trinajstić information content (AvgIpc) is 3.48. The van der Waals surface area contributed by atoms with E-state index in [2.05, 4.69) is 34.2 Å². The van der Waals surface area contributed by atoms with Crippen molar-refractivity contribution in [2.45, 2.75) is 33.4 Å². The molecule has 7 nitrogen and oxygen atoms in total. The van der Waals surface area contributed by atoms with E-state index in [0.29, 0.717) is 23.4 Å². The summed E-state index contributed by atoms with van der Waals surface area (Å²) in [6.45, 7) is 6.84. The van der Waals surface area contributed by atoms with Crippen molar-refractivity contribution in [3.05, 3.63) is 82.6 Å². The molecular weight excluding hydrogens is 408 g/mol. The highest BCUT2D eigenvalue weighted by atomic mass is 32.1. The SMILES string of the molecule is Cc1cn(C(C)C)nc1C=Cc1csc(NC(=O)c2cccn2Cc2ccncc2)n1. The Labute approximate surface area is 185 Å². The van der Waals surface area contributed by atoms with Crippen molar-refractivity contribution in [2.75, 3.05) is 5.32 Å². The predicted octanol–water partition coefficient (Wildman–Crippen LogP) is 4.90. The monoisotopic (exact) mass is 432 g/mol. The average molecular weight is 433 g/mol. The van der Waals surface area contributed by atoms with E-state index < -0.39 is 0 Å². The second kappa shape index (κ2) is 9.09. The smallest absolute Gasteiger partial charge is 0.274 e. The molecule has 0 unspecified atom stereocenters. The van der Waals surface area contributed by atoms with Crippen molar-refractivity contribution in [3.63, 3.8) is 0 Å². The van der Waals surface area contributed by atoms with Gasteiger partial charge < -0.3 is 4.57 Å². The van der Waals surface area contributed by atoms with E-state index in [9.17, 15) is 4.79 Å². The summed E-state index contributed by atoms with van der Waals surface area (Å²) in [5.41, 5.74) is 4.48. The summed E-state index contributed by atoms with van der Waals surface area (Å²) in [7, 11) is 0. The van der Waals surface area contributed by atoms with E-state index >= 15 is 0 Å². The van der Waals surface area contributed by atoms with Crippen molar-refractivity contribution >= 4 is 34.5 Å². The third-order valence-electron chi connectivity index (χ3n) is 4.80. The van der Waals surface area contributed by atoms with Crippen LogP contribution in [0.25, 0.3) is 12.2 Å². The molecule has 0 saturated heterocycles. The summed E-state index contributed by atoms with van der Waals surface area (Å²) in [5, 5.41) is 9.96. The molecule has 0 radical (unpaired) electrons. The van der Waals surface area contributed by atoms with Gasteiger partial charge in [-0.2, -0.15) is 5.10 Å². The van der Waals surface area contributed by atoms with Gasteiger partial charge in [0.25, 0.3) is 5.91 Å². The summed E-state index contributed by atoms with van der Waals surface area (Å²) < 4.78 is 3.86. The lowest BCUT2D eigenvalue weighted by atomic mass is 10.2. The van der Waals surface area contributed by atoms with Crippen LogP contribution in [-0.4, -0.2) is 30.2 Å². The summed E-state index contributed by atoms with van der Waals surface area (Å²) >= 11 is 1.40. The van der Waals surface area contributed by atoms with Crippen LogP contribution in [0.1, 0.15) is 52.9 Å². The lowest BCUT2D eigenvalue weighted by Gasteiger charge is -2.08. The molecule has 8 heteroatoms. The lowest BCUT2D eigenvalue weighted by Crippen LogP contribution is -2.17. The van der Waals surface area contributed by atoms with E-state index in [4.69, 9.17) is 0 Å². The van der Waals surface area contributed by atoms with Gasteiger partial charge in [-0.1, -0.05) is 0 Å². The first-order chi connectivity index (χ1) is 15.0. The first-order valence-corrected chi connectivity index (χ1v) is 10.9. The number of nitrogens with zero attached hydrogens (tertiary/aromatic N) is 5. The molecular formula is C23H24N6OS. The maximum atomic E-state index is 12.8. The number of hydrogen-bond acceptors (Lipinski definition) is 5. The fourth-order valence-electron chi connectivity index (χ4n) is 3.11. The number of rotatable bonds is 7. The summed E-state index contributed by atoms with van der Waals surface area (Å²) in [5.74, 6) is -0.185. The van der Waals surface area contributed by atoms with Crippen LogP contribution >= 0.6 is 11.3 Å². The number of anilines is 1. The second-order valence-electron chi connectivity index (χ2n) is 7.51. The number of carbonyl (C=O) groups excluding carboxylic acids is 1. The minimum absolute atomic E-state index is 0.185. The Balaban J connectivity index is 1.43. The van der Waals surface area contributed by atoms with Crippen molar-refractivity contribution < 1.29 is 4.79 Å². The zero-order valence-corrected chi connectivity index (χ0v) is 18.5. The van der Waals surface area contributed by atoms with Crippen molar-refractivity contribution in [3.8, 4) is 0 Å². The molecule has 0 bridgehead atoms. The number of carbonyl (C=O) groups is 1.